The van der Waals surface area contributed by atoms with Gasteiger partial charge in [0.1, 0.15) is 22.7 Å². The molecule has 0 saturated carbocycles. The average Bonchev–Trinajstić information content (AvgIpc) is 2.44. The Bertz CT molecular complexity index is 627. The molecule has 0 heterocycles. The highest BCUT2D eigenvalue weighted by molar-refractivity contribution is 7.95. The molecule has 0 fully saturated rings. The first-order valence-corrected chi connectivity index (χ1v) is 10.3. The van der Waals surface area contributed by atoms with E-state index in [1.807, 2.05) is 90.1 Å². The second-order valence-corrected chi connectivity index (χ2v) is 10.2. The van der Waals surface area contributed by atoms with E-state index in [2.05, 4.69) is 0 Å². The van der Waals surface area contributed by atoms with Crippen LogP contribution in [-0.4, -0.2) is 11.2 Å². The standard InChI is InChI=1S/C20H26ClO2P/c1-19(2,3)22-15-11-7-9-13-17(15)24(21)18-14-10-8-12-16(18)23-20(4,5)6/h7-14H,1-6H3. The van der Waals surface area contributed by atoms with Gasteiger partial charge in [-0.15, -0.1) is 0 Å². The highest BCUT2D eigenvalue weighted by Gasteiger charge is 2.23. The summed E-state index contributed by atoms with van der Waals surface area (Å²) in [6, 6.07) is 16.0. The van der Waals surface area contributed by atoms with Gasteiger partial charge in [-0.1, -0.05) is 35.5 Å². The lowest BCUT2D eigenvalue weighted by Crippen LogP contribution is -2.27. The van der Waals surface area contributed by atoms with Crippen LogP contribution in [0, 0.1) is 0 Å². The van der Waals surface area contributed by atoms with Crippen LogP contribution >= 0.6 is 18.5 Å². The number of rotatable bonds is 4. The number of para-hydroxylation sites is 2. The number of benzene rings is 2. The maximum atomic E-state index is 6.90. The second kappa shape index (κ2) is 7.33. The zero-order valence-corrected chi connectivity index (χ0v) is 16.9. The van der Waals surface area contributed by atoms with Gasteiger partial charge in [0, 0.05) is 10.6 Å². The van der Waals surface area contributed by atoms with Crippen molar-refractivity contribution in [2.24, 2.45) is 0 Å². The van der Waals surface area contributed by atoms with Crippen LogP contribution in [0.1, 0.15) is 41.5 Å². The van der Waals surface area contributed by atoms with E-state index >= 15 is 0 Å². The summed E-state index contributed by atoms with van der Waals surface area (Å²) in [5, 5.41) is 2.02. The van der Waals surface area contributed by atoms with Crippen LogP contribution in [-0.2, 0) is 0 Å². The first-order valence-electron chi connectivity index (χ1n) is 8.09. The van der Waals surface area contributed by atoms with Crippen molar-refractivity contribution in [3.63, 3.8) is 0 Å². The van der Waals surface area contributed by atoms with E-state index in [4.69, 9.17) is 20.7 Å². The van der Waals surface area contributed by atoms with Gasteiger partial charge in [0.05, 0.1) is 7.27 Å². The van der Waals surface area contributed by atoms with Crippen molar-refractivity contribution < 1.29 is 9.47 Å². The molecule has 24 heavy (non-hydrogen) atoms. The van der Waals surface area contributed by atoms with Gasteiger partial charge in [-0.05, 0) is 65.8 Å². The zero-order valence-electron chi connectivity index (χ0n) is 15.3. The minimum absolute atomic E-state index is 0.273. The van der Waals surface area contributed by atoms with Crippen molar-refractivity contribution in [3.05, 3.63) is 48.5 Å². The molecule has 2 nitrogen and oxygen atoms in total. The highest BCUT2D eigenvalue weighted by Crippen LogP contribution is 2.45. The van der Waals surface area contributed by atoms with Gasteiger partial charge in [-0.25, -0.2) is 0 Å². The Hall–Kier alpha value is -1.24. The molecule has 2 rings (SSSR count). The topological polar surface area (TPSA) is 18.5 Å². The third-order valence-electron chi connectivity index (χ3n) is 2.99. The summed E-state index contributed by atoms with van der Waals surface area (Å²) < 4.78 is 12.2. The lowest BCUT2D eigenvalue weighted by Gasteiger charge is -2.27. The Morgan fingerprint density at radius 2 is 1.00 bits per heavy atom. The lowest BCUT2D eigenvalue weighted by atomic mass is 10.2. The third-order valence-corrected chi connectivity index (χ3v) is 5.66. The highest BCUT2D eigenvalue weighted by atomic mass is 35.7. The fourth-order valence-electron chi connectivity index (χ4n) is 2.20. The molecule has 0 radical (unpaired) electrons. The molecule has 0 spiro atoms. The molecule has 0 aliphatic rings. The summed E-state index contributed by atoms with van der Waals surface area (Å²) >= 11 is 6.90. The normalized spacial score (nSPS) is 12.3. The monoisotopic (exact) mass is 364 g/mol. The van der Waals surface area contributed by atoms with Crippen LogP contribution in [0.25, 0.3) is 0 Å². The van der Waals surface area contributed by atoms with Crippen molar-refractivity contribution in [3.8, 4) is 11.5 Å². The Labute approximate surface area is 151 Å². The number of hydrogen-bond donors (Lipinski definition) is 0. The second-order valence-electron chi connectivity index (χ2n) is 7.65. The van der Waals surface area contributed by atoms with E-state index in [0.717, 1.165) is 22.1 Å². The van der Waals surface area contributed by atoms with Crippen LogP contribution in [0.4, 0.5) is 0 Å². The minimum atomic E-state index is -1.10. The van der Waals surface area contributed by atoms with E-state index in [1.54, 1.807) is 0 Å². The first-order chi connectivity index (χ1) is 11.1. The van der Waals surface area contributed by atoms with E-state index in [-0.39, 0.29) is 11.2 Å². The van der Waals surface area contributed by atoms with Gasteiger partial charge in [-0.3, -0.25) is 0 Å². The van der Waals surface area contributed by atoms with Crippen molar-refractivity contribution in [2.45, 2.75) is 52.7 Å². The summed E-state index contributed by atoms with van der Waals surface area (Å²) in [5.74, 6) is 1.66. The SMILES string of the molecule is CC(C)(C)Oc1ccccc1P(Cl)c1ccccc1OC(C)(C)C. The van der Waals surface area contributed by atoms with Crippen LogP contribution in [0.5, 0.6) is 11.5 Å². The molecule has 2 aromatic rings. The largest absolute Gasteiger partial charge is 0.487 e. The number of halogens is 1. The summed E-state index contributed by atoms with van der Waals surface area (Å²) in [4.78, 5) is 0. The van der Waals surface area contributed by atoms with Gasteiger partial charge in [0.15, 0.2) is 0 Å². The molecule has 0 bridgehead atoms. The Morgan fingerprint density at radius 3 is 1.33 bits per heavy atom. The predicted octanol–water partition coefficient (Wildman–Crippen LogP) is 5.63. The molecular formula is C20H26ClO2P. The molecule has 4 heteroatoms. The van der Waals surface area contributed by atoms with E-state index in [0.29, 0.717) is 0 Å². The van der Waals surface area contributed by atoms with Crippen molar-refractivity contribution in [2.75, 3.05) is 0 Å². The molecule has 0 aliphatic heterocycles. The number of hydrogen-bond acceptors (Lipinski definition) is 2. The first kappa shape index (κ1) is 19.1. The molecule has 2 aromatic carbocycles. The van der Waals surface area contributed by atoms with Crippen LogP contribution in [0.15, 0.2) is 48.5 Å². The van der Waals surface area contributed by atoms with Crippen LogP contribution in [0.3, 0.4) is 0 Å². The van der Waals surface area contributed by atoms with E-state index < -0.39 is 7.27 Å². The molecule has 0 unspecified atom stereocenters. The molecule has 0 aromatic heterocycles. The summed E-state index contributed by atoms with van der Waals surface area (Å²) in [7, 11) is -1.10. The predicted molar refractivity (Wildman–Crippen MR) is 106 cm³/mol. The van der Waals surface area contributed by atoms with Crippen LogP contribution in [0.2, 0.25) is 0 Å². The quantitative estimate of drug-likeness (QED) is 0.655. The fourth-order valence-corrected chi connectivity index (χ4v) is 4.36. The fraction of sp³-hybridized carbons (Fsp3) is 0.400. The molecular weight excluding hydrogens is 339 g/mol. The maximum Gasteiger partial charge on any atom is 0.129 e. The van der Waals surface area contributed by atoms with Crippen LogP contribution < -0.4 is 20.1 Å². The molecule has 0 atom stereocenters. The van der Waals surface area contributed by atoms with Crippen molar-refractivity contribution in [1.29, 1.82) is 0 Å². The summed E-state index contributed by atoms with van der Waals surface area (Å²) in [6.07, 6.45) is 0. The van der Waals surface area contributed by atoms with E-state index in [1.165, 1.54) is 0 Å². The molecule has 0 saturated heterocycles. The Balaban J connectivity index is 2.42. The average molecular weight is 365 g/mol. The van der Waals surface area contributed by atoms with Gasteiger partial charge >= 0.3 is 0 Å². The van der Waals surface area contributed by atoms with Gasteiger partial charge in [0.2, 0.25) is 0 Å². The van der Waals surface area contributed by atoms with Gasteiger partial charge in [-0.2, -0.15) is 0 Å². The molecule has 0 aliphatic carbocycles. The lowest BCUT2D eigenvalue weighted by molar-refractivity contribution is 0.132. The summed E-state index contributed by atoms with van der Waals surface area (Å²) in [5.41, 5.74) is -0.546. The van der Waals surface area contributed by atoms with Gasteiger partial charge in [0.25, 0.3) is 0 Å². The molecule has 0 amide bonds. The third kappa shape index (κ3) is 5.40. The zero-order chi connectivity index (χ0) is 18.0. The molecule has 130 valence electrons. The van der Waals surface area contributed by atoms with E-state index in [9.17, 15) is 0 Å². The Morgan fingerprint density at radius 1 is 0.667 bits per heavy atom. The summed E-state index contributed by atoms with van der Waals surface area (Å²) in [6.45, 7) is 12.2. The van der Waals surface area contributed by atoms with Crippen molar-refractivity contribution >= 4 is 29.1 Å². The molecule has 0 N–H and O–H groups in total. The number of ether oxygens (including phenoxy) is 2. The maximum absolute atomic E-state index is 6.90. The smallest absolute Gasteiger partial charge is 0.129 e. The van der Waals surface area contributed by atoms with Crippen molar-refractivity contribution in [1.82, 2.24) is 0 Å². The van der Waals surface area contributed by atoms with Gasteiger partial charge < -0.3 is 9.47 Å². The minimum Gasteiger partial charge on any atom is -0.487 e. The Kier molecular flexibility index (Phi) is 5.83.